The number of hydrogen-bond acceptors (Lipinski definition) is 6. The van der Waals surface area contributed by atoms with Crippen molar-refractivity contribution >= 4 is 32.4 Å². The Kier molecular flexibility index (Phi) is 5.68. The number of anilines is 1. The minimum absolute atomic E-state index is 0.146. The molecule has 24 heavy (non-hydrogen) atoms. The summed E-state index contributed by atoms with van der Waals surface area (Å²) >= 11 is 1.26. The number of benzene rings is 1. The lowest BCUT2D eigenvalue weighted by Crippen LogP contribution is -2.31. The van der Waals surface area contributed by atoms with Crippen molar-refractivity contribution in [3.63, 3.8) is 0 Å². The first-order valence-electron chi connectivity index (χ1n) is 7.51. The van der Waals surface area contributed by atoms with Gasteiger partial charge in [-0.3, -0.25) is 10.1 Å². The van der Waals surface area contributed by atoms with E-state index in [-0.39, 0.29) is 10.5 Å². The number of carbonyl (C=O) groups is 1. The zero-order chi connectivity index (χ0) is 17.9. The lowest BCUT2D eigenvalue weighted by molar-refractivity contribution is 0.102. The second kappa shape index (κ2) is 7.37. The molecule has 0 unspecified atom stereocenters. The molecule has 0 atom stereocenters. The van der Waals surface area contributed by atoms with Gasteiger partial charge in [-0.2, -0.15) is 4.31 Å². The summed E-state index contributed by atoms with van der Waals surface area (Å²) < 4.78 is 26.8. The largest absolute Gasteiger partial charge is 0.296 e. The number of nitrogens with zero attached hydrogens (tertiary/aromatic N) is 3. The van der Waals surface area contributed by atoms with Crippen LogP contribution in [-0.4, -0.2) is 41.9 Å². The summed E-state index contributed by atoms with van der Waals surface area (Å²) in [5.74, 6) is -0.415. The number of amides is 1. The van der Waals surface area contributed by atoms with Crippen molar-refractivity contribution in [3.8, 4) is 0 Å². The smallest absolute Gasteiger partial charge is 0.257 e. The van der Waals surface area contributed by atoms with Crippen LogP contribution >= 0.6 is 11.3 Å². The summed E-state index contributed by atoms with van der Waals surface area (Å²) in [6.07, 6.45) is 0. The van der Waals surface area contributed by atoms with Gasteiger partial charge in [-0.15, -0.1) is 10.2 Å². The molecule has 0 radical (unpaired) electrons. The summed E-state index contributed by atoms with van der Waals surface area (Å²) in [5, 5.41) is 11.4. The van der Waals surface area contributed by atoms with Crippen LogP contribution in [-0.2, 0) is 10.0 Å². The van der Waals surface area contributed by atoms with E-state index < -0.39 is 15.9 Å². The topological polar surface area (TPSA) is 92.3 Å². The van der Waals surface area contributed by atoms with Crippen molar-refractivity contribution in [2.24, 2.45) is 0 Å². The maximum Gasteiger partial charge on any atom is 0.257 e. The number of aryl methyl sites for hydroxylation is 2. The molecule has 0 bridgehead atoms. The van der Waals surface area contributed by atoms with Crippen LogP contribution in [0.1, 0.15) is 34.8 Å². The van der Waals surface area contributed by atoms with Gasteiger partial charge in [0.25, 0.3) is 5.91 Å². The van der Waals surface area contributed by atoms with Crippen LogP contribution in [0.4, 0.5) is 5.13 Å². The van der Waals surface area contributed by atoms with Crippen molar-refractivity contribution in [1.29, 1.82) is 0 Å². The van der Waals surface area contributed by atoms with Gasteiger partial charge in [0.2, 0.25) is 15.2 Å². The van der Waals surface area contributed by atoms with Gasteiger partial charge in [-0.05, 0) is 31.5 Å². The number of aromatic nitrogens is 2. The molecular formula is C15H20N4O3S2. The predicted molar refractivity (Wildman–Crippen MR) is 93.9 cm³/mol. The fourth-order valence-corrected chi connectivity index (χ4v) is 4.53. The third-order valence-corrected chi connectivity index (χ3v) is 6.47. The van der Waals surface area contributed by atoms with Crippen molar-refractivity contribution in [2.75, 3.05) is 18.4 Å². The lowest BCUT2D eigenvalue weighted by Gasteiger charge is -2.20. The highest BCUT2D eigenvalue weighted by molar-refractivity contribution is 7.89. The lowest BCUT2D eigenvalue weighted by atomic mass is 10.1. The molecule has 2 rings (SSSR count). The minimum atomic E-state index is -3.63. The van der Waals surface area contributed by atoms with E-state index in [1.165, 1.54) is 21.7 Å². The highest BCUT2D eigenvalue weighted by Crippen LogP contribution is 2.22. The van der Waals surface area contributed by atoms with Gasteiger partial charge in [-0.25, -0.2) is 8.42 Å². The van der Waals surface area contributed by atoms with Crippen LogP contribution in [0, 0.1) is 13.8 Å². The SMILES string of the molecule is CCN(CC)S(=O)(=O)c1cc(C(=O)Nc2nnc(C)s2)ccc1C. The first-order valence-corrected chi connectivity index (χ1v) is 9.77. The Labute approximate surface area is 145 Å². The molecule has 7 nitrogen and oxygen atoms in total. The van der Waals surface area contributed by atoms with Crippen LogP contribution in [0.3, 0.4) is 0 Å². The van der Waals surface area contributed by atoms with E-state index in [0.717, 1.165) is 5.01 Å². The molecule has 1 amide bonds. The molecule has 1 aromatic heterocycles. The van der Waals surface area contributed by atoms with Gasteiger partial charge >= 0.3 is 0 Å². The van der Waals surface area contributed by atoms with Gasteiger partial charge < -0.3 is 0 Å². The van der Waals surface area contributed by atoms with Crippen molar-refractivity contribution in [1.82, 2.24) is 14.5 Å². The second-order valence-corrected chi connectivity index (χ2v) is 8.24. The van der Waals surface area contributed by atoms with Gasteiger partial charge in [-0.1, -0.05) is 31.3 Å². The highest BCUT2D eigenvalue weighted by Gasteiger charge is 2.24. The Hall–Kier alpha value is -1.84. The van der Waals surface area contributed by atoms with E-state index in [1.807, 2.05) is 0 Å². The Morgan fingerprint density at radius 3 is 2.42 bits per heavy atom. The second-order valence-electron chi connectivity index (χ2n) is 5.15. The summed E-state index contributed by atoms with van der Waals surface area (Å²) in [7, 11) is -3.63. The summed E-state index contributed by atoms with van der Waals surface area (Å²) in [5.41, 5.74) is 0.865. The Morgan fingerprint density at radius 1 is 1.21 bits per heavy atom. The van der Waals surface area contributed by atoms with E-state index in [2.05, 4.69) is 15.5 Å². The molecule has 0 aliphatic rings. The summed E-state index contributed by atoms with van der Waals surface area (Å²) in [4.78, 5) is 12.5. The van der Waals surface area contributed by atoms with E-state index >= 15 is 0 Å². The van der Waals surface area contributed by atoms with E-state index in [1.54, 1.807) is 39.8 Å². The molecule has 0 aliphatic carbocycles. The van der Waals surface area contributed by atoms with E-state index in [9.17, 15) is 13.2 Å². The average molecular weight is 368 g/mol. The van der Waals surface area contributed by atoms with Gasteiger partial charge in [0.1, 0.15) is 5.01 Å². The van der Waals surface area contributed by atoms with Crippen LogP contribution in [0.25, 0.3) is 0 Å². The first kappa shape index (κ1) is 18.5. The maximum absolute atomic E-state index is 12.7. The molecule has 9 heteroatoms. The first-order chi connectivity index (χ1) is 11.3. The van der Waals surface area contributed by atoms with E-state index in [0.29, 0.717) is 23.8 Å². The van der Waals surface area contributed by atoms with Crippen LogP contribution in [0.2, 0.25) is 0 Å². The third kappa shape index (κ3) is 3.80. The molecule has 1 heterocycles. The van der Waals surface area contributed by atoms with Gasteiger partial charge in [0.15, 0.2) is 0 Å². The fraction of sp³-hybridized carbons (Fsp3) is 0.400. The van der Waals surface area contributed by atoms with Crippen molar-refractivity contribution in [3.05, 3.63) is 34.3 Å². The van der Waals surface area contributed by atoms with Gasteiger partial charge in [0, 0.05) is 18.7 Å². The monoisotopic (exact) mass is 368 g/mol. The number of sulfonamides is 1. The van der Waals surface area contributed by atoms with Crippen LogP contribution < -0.4 is 5.32 Å². The van der Waals surface area contributed by atoms with Crippen LogP contribution in [0.5, 0.6) is 0 Å². The minimum Gasteiger partial charge on any atom is -0.296 e. The predicted octanol–water partition coefficient (Wildman–Crippen LogP) is 2.44. The molecule has 130 valence electrons. The summed E-state index contributed by atoms with van der Waals surface area (Å²) in [6.45, 7) is 7.81. The number of nitrogens with one attached hydrogen (secondary N) is 1. The Bertz CT molecular complexity index is 842. The molecule has 0 aliphatic heterocycles. The van der Waals surface area contributed by atoms with Gasteiger partial charge in [0.05, 0.1) is 4.90 Å². The zero-order valence-electron chi connectivity index (χ0n) is 14.0. The average Bonchev–Trinajstić information content (AvgIpc) is 2.93. The molecule has 1 aromatic carbocycles. The molecule has 0 spiro atoms. The zero-order valence-corrected chi connectivity index (χ0v) is 15.7. The molecular weight excluding hydrogens is 348 g/mol. The quantitative estimate of drug-likeness (QED) is 0.845. The molecule has 0 saturated carbocycles. The number of carbonyl (C=O) groups excluding carboxylic acids is 1. The van der Waals surface area contributed by atoms with Crippen molar-refractivity contribution in [2.45, 2.75) is 32.6 Å². The number of hydrogen-bond donors (Lipinski definition) is 1. The molecule has 0 fully saturated rings. The Balaban J connectivity index is 2.36. The number of rotatable bonds is 6. The molecule has 2 aromatic rings. The Morgan fingerprint density at radius 2 is 1.88 bits per heavy atom. The third-order valence-electron chi connectivity index (χ3n) is 3.52. The van der Waals surface area contributed by atoms with Crippen LogP contribution in [0.15, 0.2) is 23.1 Å². The normalized spacial score (nSPS) is 11.7. The standard InChI is InChI=1S/C15H20N4O3S2/c1-5-19(6-2)24(21,22)13-9-12(8-7-10(13)3)14(20)16-15-18-17-11(4)23-15/h7-9H,5-6H2,1-4H3,(H,16,18,20). The fourth-order valence-electron chi connectivity index (χ4n) is 2.24. The molecule has 1 N–H and O–H groups in total. The maximum atomic E-state index is 12.7. The summed E-state index contributed by atoms with van der Waals surface area (Å²) in [6, 6.07) is 4.64. The highest BCUT2D eigenvalue weighted by atomic mass is 32.2. The molecule has 0 saturated heterocycles. The van der Waals surface area contributed by atoms with E-state index in [4.69, 9.17) is 0 Å². The van der Waals surface area contributed by atoms with Crippen molar-refractivity contribution < 1.29 is 13.2 Å².